The molecule has 1 aromatic heterocycles. The van der Waals surface area contributed by atoms with Crippen LogP contribution in [0.25, 0.3) is 0 Å². The number of fused-ring (bicyclic) bond motifs is 1. The molecule has 0 spiro atoms. The Hall–Kier alpha value is -2.63. The predicted octanol–water partition coefficient (Wildman–Crippen LogP) is 2.05. The minimum Gasteiger partial charge on any atom is -0.478 e. The van der Waals surface area contributed by atoms with Crippen LogP contribution in [-0.2, 0) is 12.8 Å². The van der Waals surface area contributed by atoms with Gasteiger partial charge in [-0.2, -0.15) is 5.10 Å². The minimum absolute atomic E-state index is 0.0173. The lowest BCUT2D eigenvalue weighted by Crippen LogP contribution is -2.41. The molecule has 0 saturated heterocycles. The summed E-state index contributed by atoms with van der Waals surface area (Å²) in [5, 5.41) is 15.8. The Morgan fingerprint density at radius 1 is 1.30 bits per heavy atom. The van der Waals surface area contributed by atoms with Crippen molar-refractivity contribution >= 4 is 11.9 Å². The lowest BCUT2D eigenvalue weighted by molar-refractivity contribution is 0.0661. The molecule has 0 radical (unpaired) electrons. The molecule has 1 aliphatic rings. The van der Waals surface area contributed by atoms with Gasteiger partial charge in [-0.15, -0.1) is 0 Å². The molecule has 6 nitrogen and oxygen atoms in total. The van der Waals surface area contributed by atoms with Crippen LogP contribution in [0.15, 0.2) is 24.3 Å². The molecule has 1 heterocycles. The van der Waals surface area contributed by atoms with Crippen LogP contribution in [0, 0.1) is 6.92 Å². The maximum atomic E-state index is 12.7. The van der Waals surface area contributed by atoms with E-state index in [2.05, 4.69) is 22.3 Å². The molecule has 1 unspecified atom stereocenters. The zero-order valence-corrected chi connectivity index (χ0v) is 13.2. The van der Waals surface area contributed by atoms with Crippen molar-refractivity contribution in [2.24, 2.45) is 0 Å². The van der Waals surface area contributed by atoms with E-state index in [1.165, 1.54) is 11.1 Å². The Labute approximate surface area is 134 Å². The van der Waals surface area contributed by atoms with E-state index in [1.54, 1.807) is 18.9 Å². The number of hydrogen-bond acceptors (Lipinski definition) is 3. The Balaban J connectivity index is 1.83. The molecule has 1 aliphatic carbocycles. The molecule has 3 rings (SSSR count). The lowest BCUT2D eigenvalue weighted by Gasteiger charge is -2.32. The van der Waals surface area contributed by atoms with Crippen molar-refractivity contribution < 1.29 is 14.7 Å². The van der Waals surface area contributed by atoms with Crippen molar-refractivity contribution in [3.05, 3.63) is 52.3 Å². The third kappa shape index (κ3) is 2.72. The van der Waals surface area contributed by atoms with Crippen LogP contribution in [0.5, 0.6) is 0 Å². The highest BCUT2D eigenvalue weighted by atomic mass is 16.4. The van der Waals surface area contributed by atoms with E-state index < -0.39 is 5.97 Å². The lowest BCUT2D eigenvalue weighted by atomic mass is 9.87. The number of likely N-dealkylation sites (N-methyl/N-ethyl adjacent to an activating group) is 1. The number of benzene rings is 1. The summed E-state index contributed by atoms with van der Waals surface area (Å²) in [5.74, 6) is -1.49. The van der Waals surface area contributed by atoms with E-state index in [4.69, 9.17) is 0 Å². The topological polar surface area (TPSA) is 86.3 Å². The van der Waals surface area contributed by atoms with Crippen molar-refractivity contribution in [2.45, 2.75) is 32.2 Å². The van der Waals surface area contributed by atoms with Crippen LogP contribution in [-0.4, -0.2) is 45.2 Å². The molecule has 6 heteroatoms. The maximum Gasteiger partial charge on any atom is 0.340 e. The second-order valence-electron chi connectivity index (χ2n) is 5.96. The molecule has 120 valence electrons. The highest BCUT2D eigenvalue weighted by molar-refractivity contribution is 6.04. The zero-order valence-electron chi connectivity index (χ0n) is 13.2. The van der Waals surface area contributed by atoms with Gasteiger partial charge in [0.25, 0.3) is 5.91 Å². The quantitative estimate of drug-likeness (QED) is 0.908. The first-order valence-corrected chi connectivity index (χ1v) is 7.61. The fraction of sp³-hybridized carbons (Fsp3) is 0.353. The van der Waals surface area contributed by atoms with Crippen molar-refractivity contribution in [2.75, 3.05) is 7.05 Å². The SMILES string of the molecule is Cc1[nH]nc(C(=O)N(C)C2CCc3ccccc3C2)c1C(=O)O. The number of nitrogens with zero attached hydrogens (tertiary/aromatic N) is 2. The number of aromatic nitrogens is 2. The fourth-order valence-corrected chi connectivity index (χ4v) is 3.19. The van der Waals surface area contributed by atoms with E-state index in [1.807, 2.05) is 12.1 Å². The number of aryl methyl sites for hydroxylation is 2. The summed E-state index contributed by atoms with van der Waals surface area (Å²) in [4.78, 5) is 25.6. The van der Waals surface area contributed by atoms with Gasteiger partial charge in [0.05, 0.1) is 0 Å². The minimum atomic E-state index is -1.14. The van der Waals surface area contributed by atoms with Crippen LogP contribution < -0.4 is 0 Å². The number of nitrogens with one attached hydrogen (secondary N) is 1. The number of carboxylic acid groups (broad SMARTS) is 1. The normalized spacial score (nSPS) is 16.7. The van der Waals surface area contributed by atoms with Crippen LogP contribution in [0.3, 0.4) is 0 Å². The third-order valence-corrected chi connectivity index (χ3v) is 4.55. The van der Waals surface area contributed by atoms with Crippen LogP contribution in [0.1, 0.15) is 44.1 Å². The number of carbonyl (C=O) groups excluding carboxylic acids is 1. The van der Waals surface area contributed by atoms with Gasteiger partial charge in [0.1, 0.15) is 5.56 Å². The first-order chi connectivity index (χ1) is 11.0. The molecule has 0 saturated carbocycles. The smallest absolute Gasteiger partial charge is 0.340 e. The number of carboxylic acids is 1. The molecule has 2 N–H and O–H groups in total. The third-order valence-electron chi connectivity index (χ3n) is 4.55. The number of H-pyrrole nitrogens is 1. The summed E-state index contributed by atoms with van der Waals surface area (Å²) in [7, 11) is 1.72. The monoisotopic (exact) mass is 313 g/mol. The van der Waals surface area contributed by atoms with Gasteiger partial charge < -0.3 is 10.0 Å². The number of amides is 1. The Bertz CT molecular complexity index is 766. The highest BCUT2D eigenvalue weighted by Crippen LogP contribution is 2.25. The number of aromatic carboxylic acids is 1. The molecule has 1 atom stereocenters. The van der Waals surface area contributed by atoms with Gasteiger partial charge in [0.15, 0.2) is 5.69 Å². The Morgan fingerprint density at radius 2 is 2.00 bits per heavy atom. The maximum absolute atomic E-state index is 12.7. The molecule has 1 aromatic carbocycles. The number of hydrogen-bond donors (Lipinski definition) is 2. The van der Waals surface area contributed by atoms with Gasteiger partial charge in [-0.05, 0) is 37.3 Å². The van der Waals surface area contributed by atoms with E-state index in [0.29, 0.717) is 5.69 Å². The van der Waals surface area contributed by atoms with E-state index in [9.17, 15) is 14.7 Å². The van der Waals surface area contributed by atoms with Gasteiger partial charge in [-0.1, -0.05) is 24.3 Å². The summed E-state index contributed by atoms with van der Waals surface area (Å²) in [6.07, 6.45) is 2.57. The van der Waals surface area contributed by atoms with Crippen LogP contribution >= 0.6 is 0 Å². The van der Waals surface area contributed by atoms with Gasteiger partial charge in [0, 0.05) is 18.8 Å². The molecule has 2 aromatic rings. The largest absolute Gasteiger partial charge is 0.478 e. The van der Waals surface area contributed by atoms with Crippen molar-refractivity contribution in [1.82, 2.24) is 15.1 Å². The van der Waals surface area contributed by atoms with Crippen LogP contribution in [0.4, 0.5) is 0 Å². The second kappa shape index (κ2) is 5.87. The first kappa shape index (κ1) is 15.3. The van der Waals surface area contributed by atoms with Gasteiger partial charge in [-0.25, -0.2) is 4.79 Å². The van der Waals surface area contributed by atoms with E-state index in [0.717, 1.165) is 19.3 Å². The van der Waals surface area contributed by atoms with Crippen LogP contribution in [0.2, 0.25) is 0 Å². The van der Waals surface area contributed by atoms with Crippen molar-refractivity contribution in [3.8, 4) is 0 Å². The zero-order chi connectivity index (χ0) is 16.6. The second-order valence-corrected chi connectivity index (χ2v) is 5.96. The number of aromatic amines is 1. The first-order valence-electron chi connectivity index (χ1n) is 7.61. The predicted molar refractivity (Wildman–Crippen MR) is 84.6 cm³/mol. The molecular formula is C17H19N3O3. The summed E-state index contributed by atoms with van der Waals surface area (Å²) in [6.45, 7) is 1.60. The Morgan fingerprint density at radius 3 is 2.70 bits per heavy atom. The summed E-state index contributed by atoms with van der Waals surface area (Å²) in [6, 6.07) is 8.28. The molecular weight excluding hydrogens is 294 g/mol. The van der Waals surface area contributed by atoms with Gasteiger partial charge >= 0.3 is 5.97 Å². The number of rotatable bonds is 3. The standard InChI is InChI=1S/C17H19N3O3/c1-10-14(17(22)23)15(19-18-10)16(21)20(2)13-8-7-11-5-3-4-6-12(11)9-13/h3-6,13H,7-9H2,1-2H3,(H,18,19)(H,22,23). The molecule has 0 fully saturated rings. The summed E-state index contributed by atoms with van der Waals surface area (Å²) < 4.78 is 0. The molecule has 1 amide bonds. The molecule has 0 aliphatic heterocycles. The van der Waals surface area contributed by atoms with Crippen molar-refractivity contribution in [3.63, 3.8) is 0 Å². The van der Waals surface area contributed by atoms with Gasteiger partial charge in [-0.3, -0.25) is 9.89 Å². The molecule has 23 heavy (non-hydrogen) atoms. The number of carbonyl (C=O) groups is 2. The summed E-state index contributed by atoms with van der Waals surface area (Å²) in [5.41, 5.74) is 2.91. The average molecular weight is 313 g/mol. The van der Waals surface area contributed by atoms with E-state index in [-0.39, 0.29) is 23.2 Å². The van der Waals surface area contributed by atoms with Gasteiger partial charge in [0.2, 0.25) is 0 Å². The Kier molecular flexibility index (Phi) is 3.90. The average Bonchev–Trinajstić information content (AvgIpc) is 2.94. The summed E-state index contributed by atoms with van der Waals surface area (Å²) >= 11 is 0. The van der Waals surface area contributed by atoms with Crippen molar-refractivity contribution in [1.29, 1.82) is 0 Å². The molecule has 0 bridgehead atoms. The highest BCUT2D eigenvalue weighted by Gasteiger charge is 2.30. The fourth-order valence-electron chi connectivity index (χ4n) is 3.19. The van der Waals surface area contributed by atoms with E-state index >= 15 is 0 Å².